The van der Waals surface area contributed by atoms with Crippen LogP contribution >= 0.6 is 0 Å². The number of aromatic nitrogens is 1. The van der Waals surface area contributed by atoms with E-state index in [4.69, 9.17) is 0 Å². The van der Waals surface area contributed by atoms with Crippen LogP contribution in [0.15, 0.2) is 18.3 Å². The van der Waals surface area contributed by atoms with Crippen LogP contribution in [0.3, 0.4) is 0 Å². The summed E-state index contributed by atoms with van der Waals surface area (Å²) in [6.07, 6.45) is 10.4. The number of hydrogen-bond acceptors (Lipinski definition) is 1. The lowest BCUT2D eigenvalue weighted by atomic mass is 9.85. The molecule has 0 aliphatic heterocycles. The molecular formula is C13H19NO. The molecule has 1 N–H and O–H groups in total. The van der Waals surface area contributed by atoms with Crippen molar-refractivity contribution in [2.24, 2.45) is 5.92 Å². The molecule has 1 aliphatic carbocycles. The van der Waals surface area contributed by atoms with Gasteiger partial charge in [0.25, 0.3) is 0 Å². The Labute approximate surface area is 91.1 Å². The molecule has 0 aromatic carbocycles. The predicted octanol–water partition coefficient (Wildman–Crippen LogP) is 3.56. The maximum atomic E-state index is 11.7. The second-order valence-corrected chi connectivity index (χ2v) is 4.55. The van der Waals surface area contributed by atoms with Gasteiger partial charge < -0.3 is 4.98 Å². The number of ketones is 1. The van der Waals surface area contributed by atoms with E-state index >= 15 is 0 Å². The molecule has 0 amide bonds. The van der Waals surface area contributed by atoms with Crippen LogP contribution in [-0.2, 0) is 0 Å². The highest BCUT2D eigenvalue weighted by Gasteiger charge is 2.15. The van der Waals surface area contributed by atoms with Gasteiger partial charge in [0.2, 0.25) is 0 Å². The normalized spacial score (nSPS) is 17.9. The minimum absolute atomic E-state index is 0.269. The molecule has 0 saturated heterocycles. The van der Waals surface area contributed by atoms with Gasteiger partial charge in [-0.05, 0) is 24.5 Å². The van der Waals surface area contributed by atoms with E-state index in [0.717, 1.165) is 18.0 Å². The van der Waals surface area contributed by atoms with E-state index in [1.807, 2.05) is 18.3 Å². The van der Waals surface area contributed by atoms with Gasteiger partial charge in [-0.25, -0.2) is 0 Å². The molecule has 1 heterocycles. The fourth-order valence-electron chi connectivity index (χ4n) is 2.45. The maximum Gasteiger partial charge on any atom is 0.179 e. The molecule has 2 heteroatoms. The van der Waals surface area contributed by atoms with E-state index in [0.29, 0.717) is 6.42 Å². The molecule has 1 aromatic rings. The lowest BCUT2D eigenvalue weighted by Gasteiger charge is -2.20. The number of Topliss-reactive ketones (excluding diaryl/α,β-unsaturated/α-hetero) is 1. The molecule has 0 unspecified atom stereocenters. The third-order valence-corrected chi connectivity index (χ3v) is 3.40. The van der Waals surface area contributed by atoms with E-state index in [1.165, 1.54) is 32.1 Å². The zero-order valence-electron chi connectivity index (χ0n) is 9.17. The van der Waals surface area contributed by atoms with Crippen molar-refractivity contribution in [1.29, 1.82) is 0 Å². The Bertz CT molecular complexity index is 296. The first kappa shape index (κ1) is 10.5. The van der Waals surface area contributed by atoms with Gasteiger partial charge in [-0.1, -0.05) is 32.1 Å². The molecule has 1 fully saturated rings. The van der Waals surface area contributed by atoms with Crippen LogP contribution in [0.4, 0.5) is 0 Å². The Morgan fingerprint density at radius 3 is 2.80 bits per heavy atom. The summed E-state index contributed by atoms with van der Waals surface area (Å²) in [6, 6.07) is 3.75. The van der Waals surface area contributed by atoms with Gasteiger partial charge in [0.15, 0.2) is 5.78 Å². The number of hydrogen-bond donors (Lipinski definition) is 1. The number of aromatic amines is 1. The van der Waals surface area contributed by atoms with Crippen molar-refractivity contribution in [3.05, 3.63) is 24.0 Å². The summed E-state index contributed by atoms with van der Waals surface area (Å²) in [7, 11) is 0. The SMILES string of the molecule is O=C(CCC1CCCCC1)c1ccc[nH]1. The smallest absolute Gasteiger partial charge is 0.179 e. The number of carbonyl (C=O) groups is 1. The van der Waals surface area contributed by atoms with Crippen molar-refractivity contribution < 1.29 is 4.79 Å². The van der Waals surface area contributed by atoms with Crippen molar-refractivity contribution in [3.63, 3.8) is 0 Å². The topological polar surface area (TPSA) is 32.9 Å². The molecular weight excluding hydrogens is 186 g/mol. The Balaban J connectivity index is 1.75. The Hall–Kier alpha value is -1.05. The van der Waals surface area contributed by atoms with Crippen LogP contribution in [0.5, 0.6) is 0 Å². The first-order valence-corrected chi connectivity index (χ1v) is 6.03. The summed E-state index contributed by atoms with van der Waals surface area (Å²) >= 11 is 0. The minimum Gasteiger partial charge on any atom is -0.359 e. The molecule has 1 aromatic heterocycles. The second-order valence-electron chi connectivity index (χ2n) is 4.55. The monoisotopic (exact) mass is 205 g/mol. The average Bonchev–Trinajstić information content (AvgIpc) is 2.81. The molecule has 0 radical (unpaired) electrons. The second kappa shape index (κ2) is 5.15. The number of rotatable bonds is 4. The van der Waals surface area contributed by atoms with Gasteiger partial charge in [0.1, 0.15) is 0 Å². The third-order valence-electron chi connectivity index (χ3n) is 3.40. The summed E-state index contributed by atoms with van der Waals surface area (Å²) in [4.78, 5) is 14.7. The van der Waals surface area contributed by atoms with Crippen LogP contribution in [0.25, 0.3) is 0 Å². The predicted molar refractivity (Wildman–Crippen MR) is 60.9 cm³/mol. The summed E-state index contributed by atoms with van der Waals surface area (Å²) < 4.78 is 0. The van der Waals surface area contributed by atoms with Crippen LogP contribution < -0.4 is 0 Å². The van der Waals surface area contributed by atoms with Gasteiger partial charge in [-0.2, -0.15) is 0 Å². The van der Waals surface area contributed by atoms with Gasteiger partial charge >= 0.3 is 0 Å². The van der Waals surface area contributed by atoms with Crippen LogP contribution in [-0.4, -0.2) is 10.8 Å². The molecule has 0 spiro atoms. The Morgan fingerprint density at radius 1 is 1.33 bits per heavy atom. The Morgan fingerprint density at radius 2 is 2.13 bits per heavy atom. The zero-order valence-corrected chi connectivity index (χ0v) is 9.17. The molecule has 1 aliphatic rings. The number of nitrogens with one attached hydrogen (secondary N) is 1. The van der Waals surface area contributed by atoms with Crippen molar-refractivity contribution in [2.45, 2.75) is 44.9 Å². The van der Waals surface area contributed by atoms with Crippen LogP contribution in [0, 0.1) is 5.92 Å². The maximum absolute atomic E-state index is 11.7. The first-order valence-electron chi connectivity index (χ1n) is 6.03. The van der Waals surface area contributed by atoms with Crippen molar-refractivity contribution >= 4 is 5.78 Å². The molecule has 82 valence electrons. The van der Waals surface area contributed by atoms with E-state index in [1.54, 1.807) is 0 Å². The number of H-pyrrole nitrogens is 1. The van der Waals surface area contributed by atoms with E-state index < -0.39 is 0 Å². The van der Waals surface area contributed by atoms with Gasteiger partial charge in [-0.3, -0.25) is 4.79 Å². The van der Waals surface area contributed by atoms with Gasteiger partial charge in [-0.15, -0.1) is 0 Å². The average molecular weight is 205 g/mol. The van der Waals surface area contributed by atoms with E-state index in [-0.39, 0.29) is 5.78 Å². The molecule has 0 atom stereocenters. The molecule has 2 nitrogen and oxygen atoms in total. The van der Waals surface area contributed by atoms with Gasteiger partial charge in [0.05, 0.1) is 5.69 Å². The first-order chi connectivity index (χ1) is 7.36. The fraction of sp³-hybridized carbons (Fsp3) is 0.615. The minimum atomic E-state index is 0.269. The van der Waals surface area contributed by atoms with Crippen molar-refractivity contribution in [1.82, 2.24) is 4.98 Å². The summed E-state index contributed by atoms with van der Waals surface area (Å²) in [5.41, 5.74) is 0.769. The highest BCUT2D eigenvalue weighted by atomic mass is 16.1. The highest BCUT2D eigenvalue weighted by molar-refractivity contribution is 5.94. The molecule has 2 rings (SSSR count). The quantitative estimate of drug-likeness (QED) is 0.749. The van der Waals surface area contributed by atoms with Crippen molar-refractivity contribution in [3.8, 4) is 0 Å². The highest BCUT2D eigenvalue weighted by Crippen LogP contribution is 2.27. The molecule has 0 bridgehead atoms. The fourth-order valence-corrected chi connectivity index (χ4v) is 2.45. The molecule has 15 heavy (non-hydrogen) atoms. The third kappa shape index (κ3) is 2.95. The van der Waals surface area contributed by atoms with Crippen LogP contribution in [0.1, 0.15) is 55.4 Å². The van der Waals surface area contributed by atoms with Gasteiger partial charge in [0, 0.05) is 12.6 Å². The van der Waals surface area contributed by atoms with E-state index in [9.17, 15) is 4.79 Å². The summed E-state index contributed by atoms with van der Waals surface area (Å²) in [5, 5.41) is 0. The largest absolute Gasteiger partial charge is 0.359 e. The van der Waals surface area contributed by atoms with Crippen molar-refractivity contribution in [2.75, 3.05) is 0 Å². The summed E-state index contributed by atoms with van der Waals surface area (Å²) in [5.74, 6) is 1.07. The molecule has 1 saturated carbocycles. The lowest BCUT2D eigenvalue weighted by Crippen LogP contribution is -2.09. The zero-order chi connectivity index (χ0) is 10.5. The van der Waals surface area contributed by atoms with E-state index in [2.05, 4.69) is 4.98 Å². The lowest BCUT2D eigenvalue weighted by molar-refractivity contribution is 0.0966. The number of carbonyl (C=O) groups excluding carboxylic acids is 1. The van der Waals surface area contributed by atoms with Crippen LogP contribution in [0.2, 0.25) is 0 Å². The standard InChI is InChI=1S/C13H19NO/c15-13(12-7-4-10-14-12)9-8-11-5-2-1-3-6-11/h4,7,10-11,14H,1-3,5-6,8-9H2. The Kier molecular flexibility index (Phi) is 3.59. The summed E-state index contributed by atoms with van der Waals surface area (Å²) in [6.45, 7) is 0.